The van der Waals surface area contributed by atoms with Crippen LogP contribution in [0.25, 0.3) is 0 Å². The van der Waals surface area contributed by atoms with Gasteiger partial charge in [-0.15, -0.1) is 0 Å². The van der Waals surface area contributed by atoms with Crippen LogP contribution in [0.1, 0.15) is 79.1 Å². The van der Waals surface area contributed by atoms with Crippen LogP contribution in [0, 0.1) is 11.8 Å². The summed E-state index contributed by atoms with van der Waals surface area (Å²) in [5.74, 6) is -1.84. The van der Waals surface area contributed by atoms with Crippen LogP contribution in [0.5, 0.6) is 0 Å². The molecule has 3 amide bonds. The summed E-state index contributed by atoms with van der Waals surface area (Å²) in [5, 5.41) is 13.0. The summed E-state index contributed by atoms with van der Waals surface area (Å²) in [6.45, 7) is 8.00. The lowest BCUT2D eigenvalue weighted by atomic mass is 9.94. The minimum absolute atomic E-state index is 0.115. The fraction of sp³-hybridized carbons (Fsp3) is 0.810. The maximum atomic E-state index is 13.2. The van der Waals surface area contributed by atoms with E-state index in [0.717, 1.165) is 19.3 Å². The van der Waals surface area contributed by atoms with Gasteiger partial charge in [-0.05, 0) is 38.5 Å². The summed E-state index contributed by atoms with van der Waals surface area (Å²) in [6.07, 6.45) is 4.76. The molecule has 0 aromatic heterocycles. The van der Waals surface area contributed by atoms with Gasteiger partial charge in [0.05, 0.1) is 6.04 Å². The summed E-state index contributed by atoms with van der Waals surface area (Å²) in [5.41, 5.74) is 4.59. The lowest BCUT2D eigenvalue weighted by Gasteiger charge is -2.37. The lowest BCUT2D eigenvalue weighted by Crippen LogP contribution is -2.61. The first kappa shape index (κ1) is 26.0. The van der Waals surface area contributed by atoms with Crippen molar-refractivity contribution < 1.29 is 24.4 Å². The van der Waals surface area contributed by atoms with E-state index in [9.17, 15) is 19.2 Å². The second-order valence-corrected chi connectivity index (χ2v) is 8.51. The van der Waals surface area contributed by atoms with Gasteiger partial charge in [-0.25, -0.2) is 10.9 Å². The van der Waals surface area contributed by atoms with Gasteiger partial charge in [-0.1, -0.05) is 40.0 Å². The Labute approximate surface area is 179 Å². The Kier molecular flexibility index (Phi) is 11.6. The van der Waals surface area contributed by atoms with E-state index in [-0.39, 0.29) is 29.9 Å². The van der Waals surface area contributed by atoms with Crippen molar-refractivity contribution in [3.8, 4) is 0 Å². The zero-order chi connectivity index (χ0) is 22.7. The molecule has 0 unspecified atom stereocenters. The second-order valence-electron chi connectivity index (χ2n) is 8.51. The van der Waals surface area contributed by atoms with Crippen LogP contribution >= 0.6 is 0 Å². The molecule has 1 saturated heterocycles. The zero-order valence-electron chi connectivity index (χ0n) is 18.7. The molecule has 1 fully saturated rings. The standard InChI is InChI=1S/C21H38N4O5/c1-5-6-7-9-16(13-19(27)24-30)21(29)25-18(10-8-11-22-25)20(28)23-17(15(4)26)12-14(2)3/h14,16-18,22,30H,5-13H2,1-4H3,(H,23,28)(H,24,27)/t16-,17-,18-/m0/s1. The molecule has 1 aliphatic heterocycles. The molecule has 0 saturated carbocycles. The third-order valence-corrected chi connectivity index (χ3v) is 5.36. The van der Waals surface area contributed by atoms with Crippen molar-refractivity contribution in [2.75, 3.05) is 6.54 Å². The van der Waals surface area contributed by atoms with Gasteiger partial charge in [0.15, 0.2) is 5.78 Å². The molecule has 30 heavy (non-hydrogen) atoms. The molecule has 1 heterocycles. The molecule has 3 atom stereocenters. The zero-order valence-corrected chi connectivity index (χ0v) is 18.7. The third-order valence-electron chi connectivity index (χ3n) is 5.36. The second kappa shape index (κ2) is 13.3. The maximum Gasteiger partial charge on any atom is 0.245 e. The summed E-state index contributed by atoms with van der Waals surface area (Å²) in [4.78, 5) is 49.8. The highest BCUT2D eigenvalue weighted by atomic mass is 16.5. The predicted octanol–water partition coefficient (Wildman–Crippen LogP) is 1.69. The van der Waals surface area contributed by atoms with Crippen molar-refractivity contribution >= 4 is 23.5 Å². The number of hydrogen-bond acceptors (Lipinski definition) is 6. The Morgan fingerprint density at radius 1 is 1.20 bits per heavy atom. The smallest absolute Gasteiger partial charge is 0.245 e. The number of carbonyl (C=O) groups is 4. The van der Waals surface area contributed by atoms with Crippen LogP contribution in [0.2, 0.25) is 0 Å². The number of nitrogens with one attached hydrogen (secondary N) is 3. The molecule has 0 aliphatic carbocycles. The summed E-state index contributed by atoms with van der Waals surface area (Å²) in [7, 11) is 0. The number of amides is 3. The molecule has 172 valence electrons. The van der Waals surface area contributed by atoms with Crippen LogP contribution in [-0.4, -0.2) is 52.3 Å². The van der Waals surface area contributed by atoms with Gasteiger partial charge in [0.2, 0.25) is 17.7 Å². The van der Waals surface area contributed by atoms with Gasteiger partial charge in [-0.2, -0.15) is 0 Å². The van der Waals surface area contributed by atoms with Crippen molar-refractivity contribution in [2.45, 2.75) is 91.1 Å². The van der Waals surface area contributed by atoms with E-state index in [1.807, 2.05) is 20.8 Å². The van der Waals surface area contributed by atoms with Crippen molar-refractivity contribution in [1.29, 1.82) is 0 Å². The van der Waals surface area contributed by atoms with Gasteiger partial charge >= 0.3 is 0 Å². The van der Waals surface area contributed by atoms with E-state index in [4.69, 9.17) is 5.21 Å². The first-order valence-corrected chi connectivity index (χ1v) is 11.0. The number of hydrogen-bond donors (Lipinski definition) is 4. The Hall–Kier alpha value is -2.00. The van der Waals surface area contributed by atoms with Gasteiger partial charge < -0.3 is 5.32 Å². The maximum absolute atomic E-state index is 13.2. The van der Waals surface area contributed by atoms with Crippen molar-refractivity contribution in [3.63, 3.8) is 0 Å². The van der Waals surface area contributed by atoms with E-state index in [2.05, 4.69) is 10.7 Å². The molecule has 0 radical (unpaired) electrons. The largest absolute Gasteiger partial charge is 0.344 e. The van der Waals surface area contributed by atoms with Crippen molar-refractivity contribution in [3.05, 3.63) is 0 Å². The van der Waals surface area contributed by atoms with Crippen LogP contribution < -0.4 is 16.2 Å². The minimum atomic E-state index is -0.744. The quantitative estimate of drug-likeness (QED) is 0.214. The molecule has 4 N–H and O–H groups in total. The average Bonchev–Trinajstić information content (AvgIpc) is 2.71. The number of ketones is 1. The molecular weight excluding hydrogens is 388 g/mol. The molecule has 1 rings (SSSR count). The summed E-state index contributed by atoms with van der Waals surface area (Å²) >= 11 is 0. The lowest BCUT2D eigenvalue weighted by molar-refractivity contribution is -0.152. The van der Waals surface area contributed by atoms with Gasteiger partial charge in [0.25, 0.3) is 0 Å². The van der Waals surface area contributed by atoms with E-state index < -0.39 is 23.9 Å². The first-order chi connectivity index (χ1) is 14.2. The number of hydroxylamine groups is 1. The monoisotopic (exact) mass is 426 g/mol. The molecule has 9 nitrogen and oxygen atoms in total. The van der Waals surface area contributed by atoms with Crippen molar-refractivity contribution in [2.24, 2.45) is 11.8 Å². The van der Waals surface area contributed by atoms with Gasteiger partial charge in [-0.3, -0.25) is 29.4 Å². The highest BCUT2D eigenvalue weighted by molar-refractivity contribution is 5.93. The van der Waals surface area contributed by atoms with Crippen LogP contribution in [0.4, 0.5) is 0 Å². The third kappa shape index (κ3) is 8.39. The van der Waals surface area contributed by atoms with Crippen LogP contribution in [0.15, 0.2) is 0 Å². The molecule has 0 aromatic carbocycles. The van der Waals surface area contributed by atoms with Crippen LogP contribution in [-0.2, 0) is 19.2 Å². The number of carbonyl (C=O) groups excluding carboxylic acids is 4. The van der Waals surface area contributed by atoms with E-state index >= 15 is 0 Å². The van der Waals surface area contributed by atoms with Gasteiger partial charge in [0.1, 0.15) is 6.04 Å². The Bertz CT molecular complexity index is 596. The number of rotatable bonds is 12. The van der Waals surface area contributed by atoms with Gasteiger partial charge in [0, 0.05) is 18.9 Å². The van der Waals surface area contributed by atoms with E-state index in [1.54, 1.807) is 5.48 Å². The molecular formula is C21H38N4O5. The SMILES string of the molecule is CCCCC[C@@H](CC(=O)NO)C(=O)N1NCCC[C@H]1C(=O)N[C@@H](CC(C)C)C(C)=O. The van der Waals surface area contributed by atoms with Crippen molar-refractivity contribution in [1.82, 2.24) is 21.2 Å². The molecule has 1 aliphatic rings. The molecule has 9 heteroatoms. The predicted molar refractivity (Wildman–Crippen MR) is 112 cm³/mol. The average molecular weight is 427 g/mol. The normalized spacial score (nSPS) is 18.6. The Morgan fingerprint density at radius 2 is 1.90 bits per heavy atom. The fourth-order valence-electron chi connectivity index (χ4n) is 3.70. The summed E-state index contributed by atoms with van der Waals surface area (Å²) in [6, 6.07) is -1.33. The van der Waals surface area contributed by atoms with E-state index in [0.29, 0.717) is 32.2 Å². The number of Topliss-reactive ketones (excluding diaryl/α,β-unsaturated/α-hetero) is 1. The Morgan fingerprint density at radius 3 is 2.47 bits per heavy atom. The summed E-state index contributed by atoms with van der Waals surface area (Å²) < 4.78 is 0. The fourth-order valence-corrected chi connectivity index (χ4v) is 3.70. The van der Waals surface area contributed by atoms with Crippen LogP contribution in [0.3, 0.4) is 0 Å². The number of hydrazine groups is 1. The highest BCUT2D eigenvalue weighted by Crippen LogP contribution is 2.21. The number of nitrogens with zero attached hydrogens (tertiary/aromatic N) is 1. The number of unbranched alkanes of at least 4 members (excludes halogenated alkanes) is 2. The minimum Gasteiger partial charge on any atom is -0.344 e. The Balaban J connectivity index is 2.94. The first-order valence-electron chi connectivity index (χ1n) is 11.0. The molecule has 0 bridgehead atoms. The topological polar surface area (TPSA) is 128 Å². The highest BCUT2D eigenvalue weighted by Gasteiger charge is 2.37. The molecule has 0 aromatic rings. The molecule has 0 spiro atoms. The van der Waals surface area contributed by atoms with E-state index in [1.165, 1.54) is 11.9 Å².